The number of nitrogens with one attached hydrogen (secondary N) is 1. The van der Waals surface area contributed by atoms with Gasteiger partial charge in [0.1, 0.15) is 0 Å². The molecule has 3 rings (SSSR count). The normalized spacial score (nSPS) is 18.1. The quantitative estimate of drug-likeness (QED) is 0.928. The summed E-state index contributed by atoms with van der Waals surface area (Å²) in [5.74, 6) is 0. The third-order valence-corrected chi connectivity index (χ3v) is 5.18. The van der Waals surface area contributed by atoms with Gasteiger partial charge >= 0.3 is 0 Å². The highest BCUT2D eigenvalue weighted by molar-refractivity contribution is 9.10. The fraction of sp³-hybridized carbons (Fsp3) is 0.438. The van der Waals surface area contributed by atoms with E-state index in [0.29, 0.717) is 6.04 Å². The lowest BCUT2D eigenvalue weighted by Crippen LogP contribution is -2.25. The zero-order chi connectivity index (χ0) is 14.1. The first-order chi connectivity index (χ1) is 9.66. The molecule has 1 atom stereocenters. The fourth-order valence-corrected chi connectivity index (χ4v) is 3.53. The van der Waals surface area contributed by atoms with E-state index in [0.717, 1.165) is 16.7 Å². The molecular formula is C16H20BrN3. The van der Waals surface area contributed by atoms with Crippen LogP contribution >= 0.6 is 15.9 Å². The van der Waals surface area contributed by atoms with Crippen molar-refractivity contribution in [3.63, 3.8) is 0 Å². The molecule has 0 bridgehead atoms. The van der Waals surface area contributed by atoms with E-state index in [1.807, 2.05) is 18.7 Å². The van der Waals surface area contributed by atoms with Crippen molar-refractivity contribution in [2.75, 3.05) is 0 Å². The van der Waals surface area contributed by atoms with Gasteiger partial charge in [-0.15, -0.1) is 0 Å². The zero-order valence-electron chi connectivity index (χ0n) is 12.0. The summed E-state index contributed by atoms with van der Waals surface area (Å²) in [4.78, 5) is 0. The molecular weight excluding hydrogens is 314 g/mol. The molecule has 106 valence electrons. The summed E-state index contributed by atoms with van der Waals surface area (Å²) >= 11 is 3.63. The van der Waals surface area contributed by atoms with E-state index >= 15 is 0 Å². The molecule has 1 aliphatic rings. The van der Waals surface area contributed by atoms with E-state index in [-0.39, 0.29) is 0 Å². The van der Waals surface area contributed by atoms with Crippen molar-refractivity contribution in [1.82, 2.24) is 15.1 Å². The van der Waals surface area contributed by atoms with Gasteiger partial charge < -0.3 is 5.32 Å². The monoisotopic (exact) mass is 333 g/mol. The average Bonchev–Trinajstić information content (AvgIpc) is 2.70. The Morgan fingerprint density at radius 2 is 2.20 bits per heavy atom. The van der Waals surface area contributed by atoms with E-state index in [2.05, 4.69) is 50.6 Å². The van der Waals surface area contributed by atoms with Crippen molar-refractivity contribution in [2.24, 2.45) is 7.05 Å². The molecule has 0 aliphatic heterocycles. The predicted octanol–water partition coefficient (Wildman–Crippen LogP) is 3.66. The van der Waals surface area contributed by atoms with Gasteiger partial charge in [0.15, 0.2) is 0 Å². The second-order valence-electron chi connectivity index (χ2n) is 5.49. The van der Waals surface area contributed by atoms with Crippen molar-refractivity contribution in [3.8, 4) is 0 Å². The number of rotatable bonds is 3. The maximum Gasteiger partial charge on any atom is 0.0739 e. The standard InChI is InChI=1S/C16H20BrN3/c1-11-16(17)15(20(2)19-11)10-18-14-9-5-7-12-6-3-4-8-13(12)14/h3-4,6,8,14,18H,5,7,9-10H2,1-2H3. The highest BCUT2D eigenvalue weighted by atomic mass is 79.9. The van der Waals surface area contributed by atoms with Gasteiger partial charge in [-0.25, -0.2) is 0 Å². The SMILES string of the molecule is Cc1nn(C)c(CNC2CCCc3ccccc32)c1Br. The van der Waals surface area contributed by atoms with Crippen LogP contribution in [-0.2, 0) is 20.0 Å². The average molecular weight is 334 g/mol. The summed E-state index contributed by atoms with van der Waals surface area (Å²) in [7, 11) is 2.00. The number of aryl methyl sites for hydroxylation is 3. The molecule has 1 aliphatic carbocycles. The third-order valence-electron chi connectivity index (χ3n) is 4.15. The lowest BCUT2D eigenvalue weighted by Gasteiger charge is -2.26. The summed E-state index contributed by atoms with van der Waals surface area (Å²) in [6.45, 7) is 2.88. The van der Waals surface area contributed by atoms with Crippen LogP contribution < -0.4 is 5.32 Å². The van der Waals surface area contributed by atoms with E-state index in [9.17, 15) is 0 Å². The second-order valence-corrected chi connectivity index (χ2v) is 6.29. The number of nitrogens with zero attached hydrogens (tertiary/aromatic N) is 2. The molecule has 1 N–H and O–H groups in total. The number of benzene rings is 1. The van der Waals surface area contributed by atoms with Crippen LogP contribution in [0.15, 0.2) is 28.7 Å². The molecule has 0 saturated carbocycles. The first-order valence-electron chi connectivity index (χ1n) is 7.16. The van der Waals surface area contributed by atoms with Gasteiger partial charge in [0.2, 0.25) is 0 Å². The molecule has 0 spiro atoms. The zero-order valence-corrected chi connectivity index (χ0v) is 13.6. The molecule has 1 heterocycles. The van der Waals surface area contributed by atoms with Gasteiger partial charge in [0.25, 0.3) is 0 Å². The van der Waals surface area contributed by atoms with Crippen molar-refractivity contribution in [2.45, 2.75) is 38.8 Å². The Balaban J connectivity index is 1.77. The molecule has 0 fully saturated rings. The summed E-state index contributed by atoms with van der Waals surface area (Å²) in [6.07, 6.45) is 3.69. The molecule has 1 unspecified atom stereocenters. The van der Waals surface area contributed by atoms with E-state index in [1.165, 1.54) is 36.1 Å². The van der Waals surface area contributed by atoms with Crippen molar-refractivity contribution in [1.29, 1.82) is 0 Å². The van der Waals surface area contributed by atoms with Crippen molar-refractivity contribution in [3.05, 3.63) is 51.3 Å². The maximum atomic E-state index is 4.45. The van der Waals surface area contributed by atoms with Crippen LogP contribution in [0.25, 0.3) is 0 Å². The van der Waals surface area contributed by atoms with E-state index in [1.54, 1.807) is 0 Å². The minimum absolute atomic E-state index is 0.460. The molecule has 0 saturated heterocycles. The Hall–Kier alpha value is -1.13. The topological polar surface area (TPSA) is 29.9 Å². The van der Waals surface area contributed by atoms with Crippen LogP contribution in [0, 0.1) is 6.92 Å². The largest absolute Gasteiger partial charge is 0.304 e. The van der Waals surface area contributed by atoms with Crippen LogP contribution in [0.1, 0.15) is 41.4 Å². The summed E-state index contributed by atoms with van der Waals surface area (Å²) in [5, 5.41) is 8.15. The minimum atomic E-state index is 0.460. The van der Waals surface area contributed by atoms with Crippen LogP contribution in [0.2, 0.25) is 0 Å². The molecule has 0 radical (unpaired) electrons. The van der Waals surface area contributed by atoms with Crippen LogP contribution in [0.3, 0.4) is 0 Å². The third kappa shape index (κ3) is 2.54. The van der Waals surface area contributed by atoms with Crippen LogP contribution in [0.4, 0.5) is 0 Å². The van der Waals surface area contributed by atoms with Gasteiger partial charge in [-0.1, -0.05) is 24.3 Å². The first-order valence-corrected chi connectivity index (χ1v) is 7.95. The first kappa shape index (κ1) is 13.8. The number of hydrogen-bond donors (Lipinski definition) is 1. The maximum absolute atomic E-state index is 4.45. The smallest absolute Gasteiger partial charge is 0.0739 e. The summed E-state index contributed by atoms with van der Waals surface area (Å²) in [6, 6.07) is 9.26. The van der Waals surface area contributed by atoms with Gasteiger partial charge in [0, 0.05) is 19.6 Å². The van der Waals surface area contributed by atoms with Gasteiger partial charge in [-0.05, 0) is 53.2 Å². The van der Waals surface area contributed by atoms with Crippen molar-refractivity contribution >= 4 is 15.9 Å². The number of hydrogen-bond acceptors (Lipinski definition) is 2. The van der Waals surface area contributed by atoms with Gasteiger partial charge in [0.05, 0.1) is 15.9 Å². The highest BCUT2D eigenvalue weighted by Crippen LogP contribution is 2.30. The molecule has 0 amide bonds. The second kappa shape index (κ2) is 5.70. The number of halogens is 1. The molecule has 4 heteroatoms. The lowest BCUT2D eigenvalue weighted by atomic mass is 9.88. The van der Waals surface area contributed by atoms with Crippen LogP contribution in [-0.4, -0.2) is 9.78 Å². The van der Waals surface area contributed by atoms with Crippen molar-refractivity contribution < 1.29 is 0 Å². The molecule has 1 aromatic carbocycles. The minimum Gasteiger partial charge on any atom is -0.304 e. The summed E-state index contributed by atoms with van der Waals surface area (Å²) < 4.78 is 3.08. The van der Waals surface area contributed by atoms with Crippen LogP contribution in [0.5, 0.6) is 0 Å². The van der Waals surface area contributed by atoms with E-state index < -0.39 is 0 Å². The highest BCUT2D eigenvalue weighted by Gasteiger charge is 2.20. The fourth-order valence-electron chi connectivity index (χ4n) is 3.06. The Labute approximate surface area is 128 Å². The molecule has 3 nitrogen and oxygen atoms in total. The Morgan fingerprint density at radius 3 is 2.95 bits per heavy atom. The summed E-state index contributed by atoms with van der Waals surface area (Å²) in [5.41, 5.74) is 5.23. The lowest BCUT2D eigenvalue weighted by molar-refractivity contribution is 0.450. The van der Waals surface area contributed by atoms with E-state index in [4.69, 9.17) is 0 Å². The predicted molar refractivity (Wildman–Crippen MR) is 84.6 cm³/mol. The van der Waals surface area contributed by atoms with Gasteiger partial charge in [-0.3, -0.25) is 4.68 Å². The Bertz CT molecular complexity index is 618. The Kier molecular flexibility index (Phi) is 3.94. The number of aromatic nitrogens is 2. The van der Waals surface area contributed by atoms with Gasteiger partial charge in [-0.2, -0.15) is 5.10 Å². The number of fused-ring (bicyclic) bond motifs is 1. The molecule has 2 aromatic rings. The Morgan fingerprint density at radius 1 is 1.40 bits per heavy atom. The molecule has 1 aromatic heterocycles. The molecule has 20 heavy (non-hydrogen) atoms.